The van der Waals surface area contributed by atoms with Crippen LogP contribution in [0, 0.1) is 0 Å². The highest BCUT2D eigenvalue weighted by atomic mass is 16.6. The second-order valence-corrected chi connectivity index (χ2v) is 7.60. The number of methoxy groups -OCH3 is 1. The third kappa shape index (κ3) is 5.15. The number of carbonyl (C=O) groups excluding carboxylic acids is 1. The van der Waals surface area contributed by atoms with Crippen molar-refractivity contribution in [2.45, 2.75) is 19.4 Å². The van der Waals surface area contributed by atoms with Crippen molar-refractivity contribution in [3.63, 3.8) is 0 Å². The maximum Gasteiger partial charge on any atom is 0.410 e. The summed E-state index contributed by atoms with van der Waals surface area (Å²) in [6.07, 6.45) is 1.40. The fraction of sp³-hybridized carbons (Fsp3) is 0.222. The van der Waals surface area contributed by atoms with E-state index < -0.39 is 0 Å². The van der Waals surface area contributed by atoms with E-state index in [9.17, 15) is 4.79 Å². The maximum absolute atomic E-state index is 12.5. The largest absolute Gasteiger partial charge is 0.497 e. The molecule has 1 aliphatic heterocycles. The molecule has 3 aromatic carbocycles. The number of hydrogen-bond acceptors (Lipinski definition) is 3. The van der Waals surface area contributed by atoms with Crippen molar-refractivity contribution in [1.82, 2.24) is 4.90 Å². The Kier molecular flexibility index (Phi) is 6.68. The van der Waals surface area contributed by atoms with Gasteiger partial charge in [0.25, 0.3) is 0 Å². The summed E-state index contributed by atoms with van der Waals surface area (Å²) in [5.74, 6) is 0.841. The van der Waals surface area contributed by atoms with E-state index in [2.05, 4.69) is 36.4 Å². The predicted octanol–water partition coefficient (Wildman–Crippen LogP) is 5.93. The summed E-state index contributed by atoms with van der Waals surface area (Å²) in [6, 6.07) is 28.4. The molecule has 1 heterocycles. The zero-order valence-electron chi connectivity index (χ0n) is 17.8. The molecule has 3 aromatic rings. The topological polar surface area (TPSA) is 38.8 Å². The van der Waals surface area contributed by atoms with Crippen molar-refractivity contribution in [3.8, 4) is 5.75 Å². The van der Waals surface area contributed by atoms with E-state index in [0.717, 1.165) is 29.7 Å². The van der Waals surface area contributed by atoms with Gasteiger partial charge in [-0.3, -0.25) is 0 Å². The molecular formula is C27H27NO3. The van der Waals surface area contributed by atoms with E-state index in [1.165, 1.54) is 16.7 Å². The first-order chi connectivity index (χ1) is 15.2. The Morgan fingerprint density at radius 2 is 1.48 bits per heavy atom. The van der Waals surface area contributed by atoms with Crippen LogP contribution in [0.2, 0.25) is 0 Å². The molecule has 1 amide bonds. The monoisotopic (exact) mass is 413 g/mol. The maximum atomic E-state index is 12.5. The van der Waals surface area contributed by atoms with E-state index in [1.807, 2.05) is 48.5 Å². The summed E-state index contributed by atoms with van der Waals surface area (Å²) < 4.78 is 11.0. The predicted molar refractivity (Wildman–Crippen MR) is 123 cm³/mol. The summed E-state index contributed by atoms with van der Waals surface area (Å²) in [6.45, 7) is 1.62. The van der Waals surface area contributed by atoms with E-state index >= 15 is 0 Å². The average Bonchev–Trinajstić information content (AvgIpc) is 2.84. The first kappa shape index (κ1) is 20.7. The van der Waals surface area contributed by atoms with Crippen LogP contribution >= 0.6 is 0 Å². The minimum Gasteiger partial charge on any atom is -0.497 e. The van der Waals surface area contributed by atoms with Crippen molar-refractivity contribution in [2.24, 2.45) is 0 Å². The van der Waals surface area contributed by atoms with Gasteiger partial charge in [0.05, 0.1) is 7.11 Å². The summed E-state index contributed by atoms with van der Waals surface area (Å²) in [5.41, 5.74) is 5.91. The Morgan fingerprint density at radius 1 is 0.839 bits per heavy atom. The zero-order valence-corrected chi connectivity index (χ0v) is 17.8. The van der Waals surface area contributed by atoms with Crippen LogP contribution in [0.1, 0.15) is 29.5 Å². The third-order valence-corrected chi connectivity index (χ3v) is 5.60. The zero-order chi connectivity index (χ0) is 21.5. The number of likely N-dealkylation sites (tertiary alicyclic amines) is 1. The van der Waals surface area contributed by atoms with Crippen LogP contribution in [0.4, 0.5) is 4.79 Å². The molecule has 31 heavy (non-hydrogen) atoms. The third-order valence-electron chi connectivity index (χ3n) is 5.60. The molecule has 0 saturated carbocycles. The normalized spacial score (nSPS) is 13.6. The molecule has 1 fully saturated rings. The molecule has 0 aliphatic carbocycles. The smallest absolute Gasteiger partial charge is 0.410 e. The lowest BCUT2D eigenvalue weighted by Crippen LogP contribution is -2.37. The van der Waals surface area contributed by atoms with Crippen LogP contribution in [0.25, 0.3) is 5.57 Å². The first-order valence-electron chi connectivity index (χ1n) is 10.6. The first-order valence-corrected chi connectivity index (χ1v) is 10.6. The standard InChI is InChI=1S/C27H27NO3/c1-30-25-14-8-13-24(19-25)26(22-11-6-3-7-12-22)23-15-17-28(18-16-23)27(29)31-20-21-9-4-2-5-10-21/h2-14,19H,15-18,20H2,1H3. The van der Waals surface area contributed by atoms with E-state index in [-0.39, 0.29) is 6.09 Å². The Morgan fingerprint density at radius 3 is 2.16 bits per heavy atom. The molecule has 158 valence electrons. The highest BCUT2D eigenvalue weighted by molar-refractivity contribution is 5.83. The molecule has 0 unspecified atom stereocenters. The minimum absolute atomic E-state index is 0.245. The molecule has 0 bridgehead atoms. The van der Waals surface area contributed by atoms with Crippen LogP contribution in [-0.2, 0) is 11.3 Å². The van der Waals surface area contributed by atoms with E-state index in [4.69, 9.17) is 9.47 Å². The quantitative estimate of drug-likeness (QED) is 0.520. The van der Waals surface area contributed by atoms with E-state index in [0.29, 0.717) is 19.7 Å². The van der Waals surface area contributed by atoms with Gasteiger partial charge in [-0.15, -0.1) is 0 Å². The van der Waals surface area contributed by atoms with Crippen LogP contribution < -0.4 is 4.74 Å². The molecule has 4 rings (SSSR count). The van der Waals surface area contributed by atoms with Crippen molar-refractivity contribution in [2.75, 3.05) is 20.2 Å². The van der Waals surface area contributed by atoms with Gasteiger partial charge in [-0.1, -0.05) is 78.4 Å². The number of ether oxygens (including phenoxy) is 2. The molecule has 1 aliphatic rings. The lowest BCUT2D eigenvalue weighted by atomic mass is 9.88. The Bertz CT molecular complexity index is 1030. The van der Waals surface area contributed by atoms with Gasteiger partial charge in [-0.2, -0.15) is 0 Å². The van der Waals surface area contributed by atoms with Gasteiger partial charge in [0.2, 0.25) is 0 Å². The molecule has 0 N–H and O–H groups in total. The van der Waals surface area contributed by atoms with Crippen LogP contribution in [0.3, 0.4) is 0 Å². The van der Waals surface area contributed by atoms with Crippen molar-refractivity contribution in [1.29, 1.82) is 0 Å². The van der Waals surface area contributed by atoms with E-state index in [1.54, 1.807) is 12.0 Å². The second-order valence-electron chi connectivity index (χ2n) is 7.60. The lowest BCUT2D eigenvalue weighted by molar-refractivity contribution is 0.0936. The molecule has 0 radical (unpaired) electrons. The van der Waals surface area contributed by atoms with Crippen LogP contribution in [0.5, 0.6) is 5.75 Å². The number of carbonyl (C=O) groups is 1. The van der Waals surface area contributed by atoms with Crippen molar-refractivity contribution < 1.29 is 14.3 Å². The van der Waals surface area contributed by atoms with Gasteiger partial charge in [0.1, 0.15) is 12.4 Å². The fourth-order valence-corrected chi connectivity index (χ4v) is 3.98. The number of benzene rings is 3. The number of amides is 1. The molecule has 0 spiro atoms. The van der Waals surface area contributed by atoms with Crippen LogP contribution in [0.15, 0.2) is 90.5 Å². The highest BCUT2D eigenvalue weighted by Crippen LogP contribution is 2.33. The van der Waals surface area contributed by atoms with Gasteiger partial charge in [-0.25, -0.2) is 4.79 Å². The average molecular weight is 414 g/mol. The number of nitrogens with zero attached hydrogens (tertiary/aromatic N) is 1. The Labute approximate surface area is 183 Å². The second kappa shape index (κ2) is 9.98. The Balaban J connectivity index is 1.51. The lowest BCUT2D eigenvalue weighted by Gasteiger charge is -2.29. The summed E-state index contributed by atoms with van der Waals surface area (Å²) in [5, 5.41) is 0. The van der Waals surface area contributed by atoms with Crippen molar-refractivity contribution >= 4 is 11.7 Å². The highest BCUT2D eigenvalue weighted by Gasteiger charge is 2.23. The molecule has 4 heteroatoms. The summed E-state index contributed by atoms with van der Waals surface area (Å²) >= 11 is 0. The Hall–Kier alpha value is -3.53. The molecule has 4 nitrogen and oxygen atoms in total. The van der Waals surface area contributed by atoms with Gasteiger partial charge < -0.3 is 14.4 Å². The summed E-state index contributed by atoms with van der Waals surface area (Å²) in [4.78, 5) is 14.3. The summed E-state index contributed by atoms with van der Waals surface area (Å²) in [7, 11) is 1.69. The number of hydrogen-bond donors (Lipinski definition) is 0. The molecular weight excluding hydrogens is 386 g/mol. The minimum atomic E-state index is -0.245. The SMILES string of the molecule is COc1cccc(C(=C2CCN(C(=O)OCc3ccccc3)CC2)c2ccccc2)c1. The van der Waals surface area contributed by atoms with Gasteiger partial charge in [0.15, 0.2) is 0 Å². The molecule has 0 atom stereocenters. The van der Waals surface area contributed by atoms with Gasteiger partial charge >= 0.3 is 6.09 Å². The van der Waals surface area contributed by atoms with Gasteiger partial charge in [0, 0.05) is 13.1 Å². The molecule has 0 aromatic heterocycles. The van der Waals surface area contributed by atoms with Gasteiger partial charge in [-0.05, 0) is 47.2 Å². The molecule has 1 saturated heterocycles. The number of piperidine rings is 1. The fourth-order valence-electron chi connectivity index (χ4n) is 3.98. The van der Waals surface area contributed by atoms with Crippen molar-refractivity contribution in [3.05, 3.63) is 107 Å². The number of rotatable bonds is 5. The van der Waals surface area contributed by atoms with Crippen LogP contribution in [-0.4, -0.2) is 31.2 Å².